The summed E-state index contributed by atoms with van der Waals surface area (Å²) in [6, 6.07) is 1.85. The van der Waals surface area contributed by atoms with E-state index in [1.807, 2.05) is 45.0 Å². The van der Waals surface area contributed by atoms with Gasteiger partial charge < -0.3 is 9.42 Å². The van der Waals surface area contributed by atoms with Crippen molar-refractivity contribution in [3.05, 3.63) is 18.2 Å². The van der Waals surface area contributed by atoms with E-state index in [2.05, 4.69) is 15.2 Å². The Kier molecular flexibility index (Phi) is 3.95. The minimum atomic E-state index is -0.365. The Balaban J connectivity index is 1.74. The molecular formula is C16H23N5O2. The van der Waals surface area contributed by atoms with Crippen LogP contribution in [0.5, 0.6) is 0 Å². The van der Waals surface area contributed by atoms with Gasteiger partial charge in [-0.25, -0.2) is 0 Å². The topological polar surface area (TPSA) is 77.0 Å². The summed E-state index contributed by atoms with van der Waals surface area (Å²) in [5.74, 6) is 1.36. The monoisotopic (exact) mass is 317 g/mol. The van der Waals surface area contributed by atoms with E-state index in [-0.39, 0.29) is 17.2 Å². The van der Waals surface area contributed by atoms with Gasteiger partial charge in [0, 0.05) is 31.7 Å². The molecular weight excluding hydrogens is 294 g/mol. The second-order valence-electron chi connectivity index (χ2n) is 7.17. The van der Waals surface area contributed by atoms with Crippen LogP contribution in [-0.4, -0.2) is 43.8 Å². The summed E-state index contributed by atoms with van der Waals surface area (Å²) in [5, 5.41) is 8.31. The average molecular weight is 317 g/mol. The molecule has 124 valence electrons. The largest absolute Gasteiger partial charge is 0.341 e. The lowest BCUT2D eigenvalue weighted by Crippen LogP contribution is -2.44. The molecule has 1 unspecified atom stereocenters. The van der Waals surface area contributed by atoms with Crippen molar-refractivity contribution in [3.8, 4) is 11.5 Å². The molecule has 1 aliphatic heterocycles. The molecule has 3 rings (SSSR count). The molecule has 0 saturated carbocycles. The lowest BCUT2D eigenvalue weighted by Gasteiger charge is -2.35. The summed E-state index contributed by atoms with van der Waals surface area (Å²) in [7, 11) is 1.85. The van der Waals surface area contributed by atoms with Gasteiger partial charge in [-0.1, -0.05) is 25.9 Å². The number of nitrogens with zero attached hydrogens (tertiary/aromatic N) is 5. The third-order valence-electron chi connectivity index (χ3n) is 4.08. The van der Waals surface area contributed by atoms with E-state index in [0.29, 0.717) is 24.0 Å². The van der Waals surface area contributed by atoms with Crippen molar-refractivity contribution in [2.75, 3.05) is 13.1 Å². The number of rotatable bonds is 2. The highest BCUT2D eigenvalue weighted by Crippen LogP contribution is 2.29. The number of hydrogen-bond donors (Lipinski definition) is 0. The van der Waals surface area contributed by atoms with Crippen molar-refractivity contribution in [1.29, 1.82) is 0 Å². The van der Waals surface area contributed by atoms with Crippen LogP contribution in [0.15, 0.2) is 16.8 Å². The summed E-state index contributed by atoms with van der Waals surface area (Å²) < 4.78 is 7.14. The Morgan fingerprint density at radius 2 is 2.17 bits per heavy atom. The van der Waals surface area contributed by atoms with Gasteiger partial charge in [-0.05, 0) is 18.9 Å². The van der Waals surface area contributed by atoms with Crippen molar-refractivity contribution < 1.29 is 9.32 Å². The van der Waals surface area contributed by atoms with Crippen LogP contribution in [0.2, 0.25) is 0 Å². The molecule has 1 fully saturated rings. The minimum Gasteiger partial charge on any atom is -0.341 e. The standard InChI is InChI=1S/C16H23N5O2/c1-16(2,3)15(22)21-8-5-6-11(10-21)14-17-13(19-23-14)12-7-9-20(4)18-12/h7,9,11H,5-6,8,10H2,1-4H3. The molecule has 1 amide bonds. The highest BCUT2D eigenvalue weighted by molar-refractivity contribution is 5.81. The van der Waals surface area contributed by atoms with Crippen LogP contribution in [-0.2, 0) is 11.8 Å². The van der Waals surface area contributed by atoms with E-state index in [1.54, 1.807) is 4.68 Å². The van der Waals surface area contributed by atoms with Gasteiger partial charge in [-0.3, -0.25) is 9.48 Å². The van der Waals surface area contributed by atoms with Crippen molar-refractivity contribution >= 4 is 5.91 Å². The van der Waals surface area contributed by atoms with Crippen LogP contribution in [0.1, 0.15) is 45.4 Å². The second kappa shape index (κ2) is 5.79. The van der Waals surface area contributed by atoms with Gasteiger partial charge in [0.05, 0.1) is 5.92 Å². The van der Waals surface area contributed by atoms with E-state index in [4.69, 9.17) is 4.52 Å². The zero-order valence-corrected chi connectivity index (χ0v) is 14.1. The van der Waals surface area contributed by atoms with Gasteiger partial charge in [0.2, 0.25) is 17.6 Å². The van der Waals surface area contributed by atoms with Crippen LogP contribution in [0.3, 0.4) is 0 Å². The second-order valence-corrected chi connectivity index (χ2v) is 7.17. The number of piperidine rings is 1. The van der Waals surface area contributed by atoms with Crippen LogP contribution >= 0.6 is 0 Å². The molecule has 2 aromatic heterocycles. The fraction of sp³-hybridized carbons (Fsp3) is 0.625. The lowest BCUT2D eigenvalue weighted by molar-refractivity contribution is -0.140. The lowest BCUT2D eigenvalue weighted by atomic mass is 9.91. The smallest absolute Gasteiger partial charge is 0.231 e. The Morgan fingerprint density at radius 1 is 1.39 bits per heavy atom. The molecule has 0 aromatic carbocycles. The molecule has 1 atom stereocenters. The molecule has 7 nitrogen and oxygen atoms in total. The van der Waals surface area contributed by atoms with Gasteiger partial charge in [-0.2, -0.15) is 10.1 Å². The number of amides is 1. The Morgan fingerprint density at radius 3 is 2.83 bits per heavy atom. The highest BCUT2D eigenvalue weighted by atomic mass is 16.5. The zero-order chi connectivity index (χ0) is 16.6. The van der Waals surface area contributed by atoms with Crippen LogP contribution in [0, 0.1) is 5.41 Å². The van der Waals surface area contributed by atoms with Gasteiger partial charge in [0.15, 0.2) is 0 Å². The predicted octanol–water partition coefficient (Wildman–Crippen LogP) is 2.22. The molecule has 2 aromatic rings. The normalized spacial score (nSPS) is 19.1. The number of likely N-dealkylation sites (tertiary alicyclic amines) is 1. The number of aryl methyl sites for hydroxylation is 1. The van der Waals surface area contributed by atoms with E-state index < -0.39 is 0 Å². The van der Waals surface area contributed by atoms with Gasteiger partial charge in [0.25, 0.3) is 0 Å². The average Bonchev–Trinajstić information content (AvgIpc) is 3.14. The maximum atomic E-state index is 12.5. The summed E-state index contributed by atoms with van der Waals surface area (Å²) >= 11 is 0. The summed E-state index contributed by atoms with van der Waals surface area (Å²) in [6.07, 6.45) is 3.75. The van der Waals surface area contributed by atoms with E-state index in [9.17, 15) is 4.79 Å². The maximum Gasteiger partial charge on any atom is 0.231 e. The van der Waals surface area contributed by atoms with E-state index in [0.717, 1.165) is 19.4 Å². The zero-order valence-electron chi connectivity index (χ0n) is 14.1. The molecule has 1 aliphatic rings. The molecule has 3 heterocycles. The summed E-state index contributed by atoms with van der Waals surface area (Å²) in [6.45, 7) is 7.29. The first-order valence-electron chi connectivity index (χ1n) is 7.97. The van der Waals surface area contributed by atoms with Gasteiger partial charge in [-0.15, -0.1) is 0 Å². The minimum absolute atomic E-state index is 0.0972. The van der Waals surface area contributed by atoms with Crippen molar-refractivity contribution in [3.63, 3.8) is 0 Å². The molecule has 1 saturated heterocycles. The fourth-order valence-corrected chi connectivity index (χ4v) is 2.88. The fourth-order valence-electron chi connectivity index (χ4n) is 2.88. The highest BCUT2D eigenvalue weighted by Gasteiger charge is 2.33. The molecule has 0 aliphatic carbocycles. The molecule has 0 bridgehead atoms. The van der Waals surface area contributed by atoms with Crippen LogP contribution in [0.25, 0.3) is 11.5 Å². The molecule has 0 N–H and O–H groups in total. The Labute approximate surface area is 135 Å². The third-order valence-corrected chi connectivity index (χ3v) is 4.08. The maximum absolute atomic E-state index is 12.5. The van der Waals surface area contributed by atoms with Crippen LogP contribution in [0.4, 0.5) is 0 Å². The summed E-state index contributed by atoms with van der Waals surface area (Å²) in [5.41, 5.74) is 0.330. The number of carbonyl (C=O) groups is 1. The van der Waals surface area contributed by atoms with E-state index in [1.165, 1.54) is 0 Å². The van der Waals surface area contributed by atoms with Crippen LogP contribution < -0.4 is 0 Å². The van der Waals surface area contributed by atoms with Gasteiger partial charge >= 0.3 is 0 Å². The molecule has 23 heavy (non-hydrogen) atoms. The van der Waals surface area contributed by atoms with Crippen molar-refractivity contribution in [2.45, 2.75) is 39.5 Å². The number of aromatic nitrogens is 4. The summed E-state index contributed by atoms with van der Waals surface area (Å²) in [4.78, 5) is 18.9. The predicted molar refractivity (Wildman–Crippen MR) is 84.5 cm³/mol. The molecule has 0 radical (unpaired) electrons. The van der Waals surface area contributed by atoms with Crippen molar-refractivity contribution in [1.82, 2.24) is 24.8 Å². The first-order valence-corrected chi connectivity index (χ1v) is 7.97. The Hall–Kier alpha value is -2.18. The number of hydrogen-bond acceptors (Lipinski definition) is 5. The Bertz CT molecular complexity index is 697. The van der Waals surface area contributed by atoms with E-state index >= 15 is 0 Å². The molecule has 0 spiro atoms. The first kappa shape index (κ1) is 15.7. The van der Waals surface area contributed by atoms with Gasteiger partial charge in [0.1, 0.15) is 5.69 Å². The SMILES string of the molecule is Cn1ccc(-c2noc(C3CCCN(C(=O)C(C)(C)C)C3)n2)n1. The molecule has 7 heteroatoms. The third kappa shape index (κ3) is 3.28. The quantitative estimate of drug-likeness (QED) is 0.849. The first-order chi connectivity index (χ1) is 10.8. The number of carbonyl (C=O) groups excluding carboxylic acids is 1. The van der Waals surface area contributed by atoms with Crippen molar-refractivity contribution in [2.24, 2.45) is 12.5 Å².